The van der Waals surface area contributed by atoms with E-state index in [2.05, 4.69) is 36.3 Å². The number of anilines is 1. The largest absolute Gasteiger partial charge is 0.359 e. The highest BCUT2D eigenvalue weighted by Gasteiger charge is 2.23. The maximum absolute atomic E-state index is 4.71. The zero-order chi connectivity index (χ0) is 12.3. The second-order valence-electron chi connectivity index (χ2n) is 5.03. The molecule has 0 atom stereocenters. The molecule has 0 aliphatic heterocycles. The predicted octanol–water partition coefficient (Wildman–Crippen LogP) is 2.21. The lowest BCUT2D eigenvalue weighted by Crippen LogP contribution is -2.22. The van der Waals surface area contributed by atoms with E-state index < -0.39 is 0 Å². The zero-order valence-electron chi connectivity index (χ0n) is 11.2. The molecule has 1 saturated carbocycles. The fourth-order valence-corrected chi connectivity index (χ4v) is 2.10. The Hall–Kier alpha value is -1.09. The first-order chi connectivity index (χ1) is 8.22. The summed E-state index contributed by atoms with van der Waals surface area (Å²) in [7, 11) is 4.14. The second kappa shape index (κ2) is 5.50. The Balaban J connectivity index is 2.14. The monoisotopic (exact) mass is 233 g/mol. The van der Waals surface area contributed by atoms with Crippen LogP contribution in [0.15, 0.2) is 12.1 Å². The number of pyridine rings is 1. The van der Waals surface area contributed by atoms with Gasteiger partial charge < -0.3 is 10.2 Å². The Kier molecular flexibility index (Phi) is 4.00. The van der Waals surface area contributed by atoms with Crippen LogP contribution in [0.1, 0.15) is 31.0 Å². The molecule has 0 amide bonds. The van der Waals surface area contributed by atoms with E-state index in [1.54, 1.807) is 0 Å². The molecule has 1 aromatic rings. The summed E-state index contributed by atoms with van der Waals surface area (Å²) in [6.07, 6.45) is 3.78. The number of nitrogens with zero attached hydrogens (tertiary/aromatic N) is 2. The molecular formula is C14H23N3. The fraction of sp³-hybridized carbons (Fsp3) is 0.643. The molecule has 17 heavy (non-hydrogen) atoms. The SMILES string of the molecule is CCc1cc(CNC)cc(N(C)CC2CC2)n1. The Morgan fingerprint density at radius 1 is 1.41 bits per heavy atom. The third kappa shape index (κ3) is 3.43. The molecule has 1 N–H and O–H groups in total. The van der Waals surface area contributed by atoms with E-state index in [0.717, 1.165) is 31.2 Å². The fourth-order valence-electron chi connectivity index (χ4n) is 2.10. The first-order valence-electron chi connectivity index (χ1n) is 6.58. The van der Waals surface area contributed by atoms with Crippen LogP contribution in [0.2, 0.25) is 0 Å². The number of hydrogen-bond acceptors (Lipinski definition) is 3. The molecule has 1 aromatic heterocycles. The summed E-state index contributed by atoms with van der Waals surface area (Å²) in [4.78, 5) is 7.01. The van der Waals surface area contributed by atoms with Crippen molar-refractivity contribution in [1.29, 1.82) is 0 Å². The summed E-state index contributed by atoms with van der Waals surface area (Å²) in [6, 6.07) is 4.41. The van der Waals surface area contributed by atoms with Crippen LogP contribution in [0, 0.1) is 5.92 Å². The van der Waals surface area contributed by atoms with Crippen LogP contribution in [0.5, 0.6) is 0 Å². The summed E-state index contributed by atoms with van der Waals surface area (Å²) in [6.45, 7) is 4.23. The minimum absolute atomic E-state index is 0.903. The van der Waals surface area contributed by atoms with Gasteiger partial charge in [-0.15, -0.1) is 0 Å². The molecule has 0 saturated heterocycles. The molecule has 1 aliphatic carbocycles. The van der Waals surface area contributed by atoms with E-state index >= 15 is 0 Å². The molecule has 0 spiro atoms. The van der Waals surface area contributed by atoms with Crippen molar-refractivity contribution in [3.8, 4) is 0 Å². The molecule has 0 bridgehead atoms. The molecular weight excluding hydrogens is 210 g/mol. The maximum atomic E-state index is 4.71. The van der Waals surface area contributed by atoms with Crippen molar-refractivity contribution < 1.29 is 0 Å². The summed E-state index contributed by atoms with van der Waals surface area (Å²) in [5.41, 5.74) is 2.52. The molecule has 1 heterocycles. The van der Waals surface area contributed by atoms with Gasteiger partial charge in [0.05, 0.1) is 0 Å². The first kappa shape index (κ1) is 12.4. The number of hydrogen-bond donors (Lipinski definition) is 1. The minimum atomic E-state index is 0.903. The highest BCUT2D eigenvalue weighted by molar-refractivity contribution is 5.42. The van der Waals surface area contributed by atoms with Crippen molar-refractivity contribution in [3.05, 3.63) is 23.4 Å². The zero-order valence-corrected chi connectivity index (χ0v) is 11.2. The molecule has 0 radical (unpaired) electrons. The molecule has 0 unspecified atom stereocenters. The summed E-state index contributed by atoms with van der Waals surface area (Å²) < 4.78 is 0. The van der Waals surface area contributed by atoms with Crippen LogP contribution in [0.4, 0.5) is 5.82 Å². The molecule has 0 aromatic carbocycles. The Morgan fingerprint density at radius 3 is 2.76 bits per heavy atom. The summed E-state index contributed by atoms with van der Waals surface area (Å²) in [5.74, 6) is 2.03. The summed E-state index contributed by atoms with van der Waals surface area (Å²) >= 11 is 0. The van der Waals surface area contributed by atoms with Crippen LogP contribution < -0.4 is 10.2 Å². The van der Waals surface area contributed by atoms with Gasteiger partial charge in [-0.3, -0.25) is 0 Å². The lowest BCUT2D eigenvalue weighted by atomic mass is 10.2. The van der Waals surface area contributed by atoms with E-state index in [1.165, 1.54) is 24.1 Å². The van der Waals surface area contributed by atoms with Crippen LogP contribution in [-0.4, -0.2) is 25.6 Å². The van der Waals surface area contributed by atoms with E-state index in [9.17, 15) is 0 Å². The van der Waals surface area contributed by atoms with Crippen molar-refractivity contribution in [3.63, 3.8) is 0 Å². The van der Waals surface area contributed by atoms with Gasteiger partial charge in [-0.25, -0.2) is 4.98 Å². The van der Waals surface area contributed by atoms with Crippen LogP contribution in [-0.2, 0) is 13.0 Å². The maximum Gasteiger partial charge on any atom is 0.128 e. The van der Waals surface area contributed by atoms with Crippen molar-refractivity contribution >= 4 is 5.82 Å². The van der Waals surface area contributed by atoms with E-state index in [1.807, 2.05) is 7.05 Å². The van der Waals surface area contributed by atoms with Gasteiger partial charge in [0.15, 0.2) is 0 Å². The highest BCUT2D eigenvalue weighted by atomic mass is 15.2. The van der Waals surface area contributed by atoms with Gasteiger partial charge in [-0.1, -0.05) is 6.92 Å². The number of aryl methyl sites for hydroxylation is 1. The highest BCUT2D eigenvalue weighted by Crippen LogP contribution is 2.30. The second-order valence-corrected chi connectivity index (χ2v) is 5.03. The molecule has 1 aliphatic rings. The Labute approximate surface area is 104 Å². The third-order valence-corrected chi connectivity index (χ3v) is 3.29. The number of aromatic nitrogens is 1. The van der Waals surface area contributed by atoms with Gasteiger partial charge >= 0.3 is 0 Å². The van der Waals surface area contributed by atoms with Gasteiger partial charge in [-0.2, -0.15) is 0 Å². The number of nitrogens with one attached hydrogen (secondary N) is 1. The molecule has 1 fully saturated rings. The molecule has 3 heteroatoms. The van der Waals surface area contributed by atoms with Gasteiger partial charge in [0.25, 0.3) is 0 Å². The Bertz CT molecular complexity index is 372. The molecule has 94 valence electrons. The quantitative estimate of drug-likeness (QED) is 0.816. The normalized spacial score (nSPS) is 15.0. The van der Waals surface area contributed by atoms with Gasteiger partial charge in [0, 0.05) is 25.8 Å². The predicted molar refractivity (Wildman–Crippen MR) is 72.4 cm³/mol. The van der Waals surface area contributed by atoms with Gasteiger partial charge in [0.2, 0.25) is 0 Å². The van der Waals surface area contributed by atoms with Gasteiger partial charge in [-0.05, 0) is 49.9 Å². The third-order valence-electron chi connectivity index (χ3n) is 3.29. The first-order valence-corrected chi connectivity index (χ1v) is 6.58. The lowest BCUT2D eigenvalue weighted by molar-refractivity contribution is 0.766. The summed E-state index contributed by atoms with van der Waals surface area (Å²) in [5, 5.41) is 3.21. The Morgan fingerprint density at radius 2 is 2.18 bits per heavy atom. The topological polar surface area (TPSA) is 28.2 Å². The van der Waals surface area contributed by atoms with Crippen molar-refractivity contribution in [2.24, 2.45) is 5.92 Å². The van der Waals surface area contributed by atoms with Crippen LogP contribution >= 0.6 is 0 Å². The van der Waals surface area contributed by atoms with Crippen LogP contribution in [0.3, 0.4) is 0 Å². The van der Waals surface area contributed by atoms with Crippen molar-refractivity contribution in [1.82, 2.24) is 10.3 Å². The van der Waals surface area contributed by atoms with E-state index in [4.69, 9.17) is 4.98 Å². The van der Waals surface area contributed by atoms with Crippen molar-refractivity contribution in [2.45, 2.75) is 32.7 Å². The standard InChI is InChI=1S/C14H23N3/c1-4-13-7-12(9-15-2)8-14(16-13)17(3)10-11-5-6-11/h7-8,11,15H,4-6,9-10H2,1-3H3. The van der Waals surface area contributed by atoms with E-state index in [-0.39, 0.29) is 0 Å². The minimum Gasteiger partial charge on any atom is -0.359 e. The average molecular weight is 233 g/mol. The lowest BCUT2D eigenvalue weighted by Gasteiger charge is -2.19. The average Bonchev–Trinajstić information content (AvgIpc) is 3.13. The van der Waals surface area contributed by atoms with Crippen LogP contribution in [0.25, 0.3) is 0 Å². The van der Waals surface area contributed by atoms with Gasteiger partial charge in [0.1, 0.15) is 5.82 Å². The molecule has 2 rings (SSSR count). The smallest absolute Gasteiger partial charge is 0.128 e. The number of rotatable bonds is 6. The van der Waals surface area contributed by atoms with E-state index in [0.29, 0.717) is 0 Å². The molecule has 3 nitrogen and oxygen atoms in total. The van der Waals surface area contributed by atoms with Crippen molar-refractivity contribution in [2.75, 3.05) is 25.5 Å².